The molecule has 0 saturated carbocycles. The molecule has 7 heteroatoms. The minimum absolute atomic E-state index is 0.114. The van der Waals surface area contributed by atoms with Crippen molar-refractivity contribution in [3.8, 4) is 17.0 Å². The van der Waals surface area contributed by atoms with E-state index in [0.717, 1.165) is 49.4 Å². The number of rotatable bonds is 1. The maximum atomic E-state index is 11.2. The smallest absolute Gasteiger partial charge is 0.203 e. The normalized spacial score (nSPS) is 21.2. The van der Waals surface area contributed by atoms with Gasteiger partial charge in [0.1, 0.15) is 12.2 Å². The third-order valence-electron chi connectivity index (χ3n) is 7.06. The first kappa shape index (κ1) is 19.1. The predicted octanol–water partition coefficient (Wildman–Crippen LogP) is 3.27. The fourth-order valence-electron chi connectivity index (χ4n) is 5.60. The minimum atomic E-state index is -0.984. The molecule has 0 spiro atoms. The summed E-state index contributed by atoms with van der Waals surface area (Å²) in [4.78, 5) is 5.03. The van der Waals surface area contributed by atoms with E-state index >= 15 is 0 Å². The van der Waals surface area contributed by atoms with Gasteiger partial charge in [0.25, 0.3) is 0 Å². The average Bonchev–Trinajstić information content (AvgIpc) is 3.53. The van der Waals surface area contributed by atoms with Crippen LogP contribution < -0.4 is 10.7 Å². The van der Waals surface area contributed by atoms with Gasteiger partial charge in [-0.05, 0) is 21.5 Å². The first-order valence-electron chi connectivity index (χ1n) is 10.8. The van der Waals surface area contributed by atoms with E-state index in [0.29, 0.717) is 10.7 Å². The SMILES string of the molecule is C=c1c2c3c(c4c(c5ccccc5n4C4C=C[C@H](O)[C@@H]4O)c2c(O)n1P)=Nc1ccccc1-3. The summed E-state index contributed by atoms with van der Waals surface area (Å²) in [6, 6.07) is 15.4. The Hall–Kier alpha value is -3.44. The summed E-state index contributed by atoms with van der Waals surface area (Å²) in [5.74, 6) is 0.114. The molecule has 3 heterocycles. The molecule has 0 bridgehead atoms. The monoisotopic (exact) mass is 453 g/mol. The van der Waals surface area contributed by atoms with Gasteiger partial charge in [0, 0.05) is 38.2 Å². The van der Waals surface area contributed by atoms with E-state index in [9.17, 15) is 15.3 Å². The lowest BCUT2D eigenvalue weighted by atomic mass is 9.97. The van der Waals surface area contributed by atoms with Crippen LogP contribution in [0.15, 0.2) is 65.7 Å². The van der Waals surface area contributed by atoms with Gasteiger partial charge in [0.2, 0.25) is 5.88 Å². The van der Waals surface area contributed by atoms with Crippen LogP contribution in [0.25, 0.3) is 50.3 Å². The molecule has 7 rings (SSSR count). The van der Waals surface area contributed by atoms with Crippen molar-refractivity contribution < 1.29 is 15.3 Å². The van der Waals surface area contributed by atoms with Crippen LogP contribution in [0.2, 0.25) is 0 Å². The number of aliphatic hydroxyl groups is 2. The van der Waals surface area contributed by atoms with Gasteiger partial charge in [-0.2, -0.15) is 0 Å². The maximum Gasteiger partial charge on any atom is 0.203 e. The first-order chi connectivity index (χ1) is 16.0. The van der Waals surface area contributed by atoms with E-state index in [4.69, 9.17) is 4.99 Å². The zero-order chi connectivity index (χ0) is 22.6. The van der Waals surface area contributed by atoms with E-state index in [2.05, 4.69) is 20.5 Å². The second-order valence-electron chi connectivity index (χ2n) is 8.71. The predicted molar refractivity (Wildman–Crippen MR) is 133 cm³/mol. The molecule has 2 aromatic heterocycles. The second-order valence-corrected chi connectivity index (χ2v) is 9.23. The zero-order valence-electron chi connectivity index (χ0n) is 17.5. The molecule has 5 aromatic rings. The molecule has 4 atom stereocenters. The third kappa shape index (κ3) is 2.21. The Morgan fingerprint density at radius 1 is 0.939 bits per heavy atom. The number of aromatic hydroxyl groups is 1. The highest BCUT2D eigenvalue weighted by Crippen LogP contribution is 2.46. The molecule has 2 unspecified atom stereocenters. The number of aromatic nitrogens is 2. The largest absolute Gasteiger partial charge is 0.494 e. The number of hydrogen-bond acceptors (Lipinski definition) is 4. The van der Waals surface area contributed by atoms with Gasteiger partial charge >= 0.3 is 0 Å². The van der Waals surface area contributed by atoms with Gasteiger partial charge in [-0.1, -0.05) is 55.1 Å². The van der Waals surface area contributed by atoms with Crippen LogP contribution in [-0.4, -0.2) is 36.4 Å². The van der Waals surface area contributed by atoms with Gasteiger partial charge in [-0.15, -0.1) is 0 Å². The molecule has 6 nitrogen and oxygen atoms in total. The molecular weight excluding hydrogens is 433 g/mol. The average molecular weight is 453 g/mol. The number of benzene rings is 3. The summed E-state index contributed by atoms with van der Waals surface area (Å²) in [7, 11) is 2.55. The standard InChI is InChI=1S/C26H20N3O3P/c1-12-19-20-13-6-2-4-8-15(13)27-23(20)24-21(22(19)26(32)29(12)33)14-7-3-5-9-16(14)28(24)17-10-11-18(30)25(17)31/h2-11,17-18,25,30-32H,1,33H2/t17?,18-,25+/m0/s1. The molecule has 33 heavy (non-hydrogen) atoms. The van der Waals surface area contributed by atoms with Crippen LogP contribution in [0, 0.1) is 0 Å². The second kappa shape index (κ2) is 6.33. The quantitative estimate of drug-likeness (QED) is 0.264. The molecule has 0 radical (unpaired) electrons. The minimum Gasteiger partial charge on any atom is -0.494 e. The molecule has 0 saturated heterocycles. The van der Waals surface area contributed by atoms with Crippen LogP contribution in [0.3, 0.4) is 0 Å². The van der Waals surface area contributed by atoms with Gasteiger partial charge in [-0.25, -0.2) is 4.99 Å². The fourth-order valence-corrected chi connectivity index (χ4v) is 5.85. The number of fused-ring (bicyclic) bond motifs is 10. The van der Waals surface area contributed by atoms with Crippen LogP contribution in [0.4, 0.5) is 5.69 Å². The van der Waals surface area contributed by atoms with Gasteiger partial charge in [0.05, 0.1) is 28.0 Å². The van der Waals surface area contributed by atoms with Crippen LogP contribution in [0.1, 0.15) is 6.04 Å². The zero-order valence-corrected chi connectivity index (χ0v) is 18.6. The molecule has 3 N–H and O–H groups in total. The topological polar surface area (TPSA) is 82.9 Å². The molecule has 0 fully saturated rings. The Balaban J connectivity index is 1.82. The number of aliphatic hydroxyl groups excluding tert-OH is 2. The Labute approximate surface area is 190 Å². The summed E-state index contributed by atoms with van der Waals surface area (Å²) in [5, 5.41) is 37.2. The van der Waals surface area contributed by atoms with Crippen molar-refractivity contribution in [3.05, 3.63) is 71.4 Å². The van der Waals surface area contributed by atoms with Crippen molar-refractivity contribution in [1.82, 2.24) is 8.90 Å². The first-order valence-corrected chi connectivity index (χ1v) is 11.3. The number of nitrogens with zero attached hydrogens (tertiary/aromatic N) is 3. The fraction of sp³-hybridized carbons (Fsp3) is 0.115. The summed E-state index contributed by atoms with van der Waals surface area (Å²) in [5.41, 5.74) is 4.49. The van der Waals surface area contributed by atoms with Crippen molar-refractivity contribution in [2.75, 3.05) is 0 Å². The van der Waals surface area contributed by atoms with Crippen molar-refractivity contribution in [2.45, 2.75) is 18.2 Å². The van der Waals surface area contributed by atoms with E-state index in [1.54, 1.807) is 10.4 Å². The van der Waals surface area contributed by atoms with Crippen molar-refractivity contribution >= 4 is 54.2 Å². The van der Waals surface area contributed by atoms with Crippen molar-refractivity contribution in [2.24, 2.45) is 4.99 Å². The number of para-hydroxylation sites is 2. The highest BCUT2D eigenvalue weighted by molar-refractivity contribution is 7.14. The Bertz CT molecular complexity index is 1810. The molecule has 2 aliphatic rings. The Morgan fingerprint density at radius 3 is 2.48 bits per heavy atom. The summed E-state index contributed by atoms with van der Waals surface area (Å²) < 4.78 is 3.68. The summed E-state index contributed by atoms with van der Waals surface area (Å²) in [6.07, 6.45) is 1.55. The van der Waals surface area contributed by atoms with E-state index in [-0.39, 0.29) is 5.88 Å². The lowest BCUT2D eigenvalue weighted by Gasteiger charge is -2.21. The van der Waals surface area contributed by atoms with Crippen LogP contribution in [-0.2, 0) is 0 Å². The third-order valence-corrected chi connectivity index (χ3v) is 7.62. The van der Waals surface area contributed by atoms with Gasteiger partial charge < -0.3 is 19.9 Å². The molecule has 162 valence electrons. The van der Waals surface area contributed by atoms with E-state index in [1.807, 2.05) is 54.6 Å². The summed E-state index contributed by atoms with van der Waals surface area (Å²) >= 11 is 0. The molecule has 1 aliphatic carbocycles. The molecular formula is C26H20N3O3P. The highest BCUT2D eigenvalue weighted by atomic mass is 31.0. The van der Waals surface area contributed by atoms with Gasteiger partial charge in [-0.3, -0.25) is 4.34 Å². The lowest BCUT2D eigenvalue weighted by Crippen LogP contribution is -2.29. The van der Waals surface area contributed by atoms with E-state index < -0.39 is 18.2 Å². The van der Waals surface area contributed by atoms with Gasteiger partial charge in [0.15, 0.2) is 0 Å². The Morgan fingerprint density at radius 2 is 1.70 bits per heavy atom. The van der Waals surface area contributed by atoms with Crippen LogP contribution in [0.5, 0.6) is 5.88 Å². The maximum absolute atomic E-state index is 11.2. The van der Waals surface area contributed by atoms with Crippen LogP contribution >= 0.6 is 9.39 Å². The van der Waals surface area contributed by atoms with E-state index in [1.165, 1.54) is 0 Å². The van der Waals surface area contributed by atoms with Crippen molar-refractivity contribution in [1.29, 1.82) is 0 Å². The molecule has 1 aliphatic heterocycles. The number of hydrogen-bond donors (Lipinski definition) is 3. The lowest BCUT2D eigenvalue weighted by molar-refractivity contribution is 0.0385. The van der Waals surface area contributed by atoms with Crippen molar-refractivity contribution in [3.63, 3.8) is 0 Å². The summed E-state index contributed by atoms with van der Waals surface area (Å²) in [6.45, 7) is 4.26. The highest BCUT2D eigenvalue weighted by Gasteiger charge is 2.35. The molecule has 3 aromatic carbocycles. The molecule has 0 amide bonds. The Kier molecular flexibility index (Phi) is 3.66.